The molecule has 0 radical (unpaired) electrons. The largest absolute Gasteiger partial charge is 0.397 e. The minimum Gasteiger partial charge on any atom is -0.397 e. The lowest BCUT2D eigenvalue weighted by molar-refractivity contribution is 0.629. The summed E-state index contributed by atoms with van der Waals surface area (Å²) in [6, 6.07) is 7.15. The molecule has 1 fully saturated rings. The third-order valence-electron chi connectivity index (χ3n) is 3.46. The Morgan fingerprint density at radius 3 is 2.84 bits per heavy atom. The molecule has 5 heteroatoms. The number of nitrogens with two attached hydrogens (primary N) is 1. The Morgan fingerprint density at radius 2 is 2.16 bits per heavy atom. The van der Waals surface area contributed by atoms with Gasteiger partial charge in [0, 0.05) is 12.1 Å². The third kappa shape index (κ3) is 1.65. The van der Waals surface area contributed by atoms with Crippen molar-refractivity contribution in [1.82, 2.24) is 9.55 Å². The highest BCUT2D eigenvalue weighted by atomic mass is 32.1. The molecule has 1 aliphatic rings. The van der Waals surface area contributed by atoms with Crippen LogP contribution in [0.5, 0.6) is 0 Å². The van der Waals surface area contributed by atoms with Crippen LogP contribution >= 0.6 is 11.3 Å². The SMILES string of the molecule is Nc1ccsc1-c1nc2cc(F)ccc2n1C1CC1. The van der Waals surface area contributed by atoms with E-state index >= 15 is 0 Å². The summed E-state index contributed by atoms with van der Waals surface area (Å²) in [5, 5.41) is 1.96. The maximum absolute atomic E-state index is 13.3. The zero-order valence-corrected chi connectivity index (χ0v) is 11.0. The van der Waals surface area contributed by atoms with Crippen molar-refractivity contribution >= 4 is 28.1 Å². The Labute approximate surface area is 113 Å². The molecule has 2 heterocycles. The van der Waals surface area contributed by atoms with E-state index in [9.17, 15) is 4.39 Å². The standard InChI is InChI=1S/C14H12FN3S/c15-8-1-4-12-11(7-8)17-14(18(12)9-2-3-9)13-10(16)5-6-19-13/h1,4-7,9H,2-3,16H2. The maximum Gasteiger partial charge on any atom is 0.153 e. The molecule has 3 nitrogen and oxygen atoms in total. The summed E-state index contributed by atoms with van der Waals surface area (Å²) in [7, 11) is 0. The molecule has 1 aliphatic carbocycles. The van der Waals surface area contributed by atoms with Crippen LogP contribution in [0.25, 0.3) is 21.7 Å². The number of nitrogens with zero attached hydrogens (tertiary/aromatic N) is 2. The maximum atomic E-state index is 13.3. The molecule has 0 saturated heterocycles. The second kappa shape index (κ2) is 3.81. The molecular formula is C14H12FN3S. The Bertz CT molecular complexity index is 770. The number of imidazole rings is 1. The lowest BCUT2D eigenvalue weighted by Crippen LogP contribution is -1.97. The zero-order chi connectivity index (χ0) is 13.0. The summed E-state index contributed by atoms with van der Waals surface area (Å²) in [4.78, 5) is 5.57. The van der Waals surface area contributed by atoms with Crippen LogP contribution in [-0.2, 0) is 0 Å². The van der Waals surface area contributed by atoms with Crippen LogP contribution in [0.2, 0.25) is 0 Å². The third-order valence-corrected chi connectivity index (χ3v) is 4.39. The average Bonchev–Trinajstić information content (AvgIpc) is 3.03. The summed E-state index contributed by atoms with van der Waals surface area (Å²) in [6.45, 7) is 0. The van der Waals surface area contributed by atoms with E-state index in [1.54, 1.807) is 11.3 Å². The van der Waals surface area contributed by atoms with Gasteiger partial charge in [0.25, 0.3) is 0 Å². The molecular weight excluding hydrogens is 261 g/mol. The minimum absolute atomic E-state index is 0.251. The van der Waals surface area contributed by atoms with Gasteiger partial charge in [0.2, 0.25) is 0 Å². The number of rotatable bonds is 2. The fourth-order valence-electron chi connectivity index (χ4n) is 2.44. The smallest absolute Gasteiger partial charge is 0.153 e. The van der Waals surface area contributed by atoms with Gasteiger partial charge >= 0.3 is 0 Å². The predicted molar refractivity (Wildman–Crippen MR) is 75.7 cm³/mol. The number of hydrogen-bond acceptors (Lipinski definition) is 3. The molecule has 0 unspecified atom stereocenters. The van der Waals surface area contributed by atoms with Gasteiger partial charge in [-0.2, -0.15) is 0 Å². The van der Waals surface area contributed by atoms with Crippen LogP contribution in [0.4, 0.5) is 10.1 Å². The minimum atomic E-state index is -0.251. The van der Waals surface area contributed by atoms with E-state index in [-0.39, 0.29) is 5.82 Å². The van der Waals surface area contributed by atoms with E-state index in [1.165, 1.54) is 12.1 Å². The molecule has 2 aromatic heterocycles. The lowest BCUT2D eigenvalue weighted by Gasteiger charge is -2.06. The first-order valence-electron chi connectivity index (χ1n) is 6.25. The molecule has 3 aromatic rings. The number of benzene rings is 1. The van der Waals surface area contributed by atoms with Crippen LogP contribution in [-0.4, -0.2) is 9.55 Å². The van der Waals surface area contributed by atoms with Crippen LogP contribution in [0.15, 0.2) is 29.6 Å². The molecule has 0 atom stereocenters. The number of anilines is 1. The van der Waals surface area contributed by atoms with Crippen molar-refractivity contribution in [1.29, 1.82) is 0 Å². The van der Waals surface area contributed by atoms with Crippen LogP contribution in [0.1, 0.15) is 18.9 Å². The van der Waals surface area contributed by atoms with Crippen LogP contribution in [0, 0.1) is 5.82 Å². The Morgan fingerprint density at radius 1 is 1.32 bits per heavy atom. The first-order chi connectivity index (χ1) is 9.24. The van der Waals surface area contributed by atoms with E-state index in [0.717, 1.165) is 34.7 Å². The number of aromatic nitrogens is 2. The van der Waals surface area contributed by atoms with Gasteiger partial charge in [0.15, 0.2) is 5.82 Å². The van der Waals surface area contributed by atoms with Crippen molar-refractivity contribution in [2.75, 3.05) is 5.73 Å². The molecule has 0 aliphatic heterocycles. The first kappa shape index (κ1) is 11.0. The van der Waals surface area contributed by atoms with E-state index in [4.69, 9.17) is 5.73 Å². The van der Waals surface area contributed by atoms with Gasteiger partial charge < -0.3 is 10.3 Å². The second-order valence-corrected chi connectivity index (χ2v) is 5.79. The highest BCUT2D eigenvalue weighted by Gasteiger charge is 2.29. The quantitative estimate of drug-likeness (QED) is 0.771. The summed E-state index contributed by atoms with van der Waals surface area (Å²) in [5.74, 6) is 0.620. The lowest BCUT2D eigenvalue weighted by atomic mass is 10.3. The number of thiophene rings is 1. The molecule has 19 heavy (non-hydrogen) atoms. The summed E-state index contributed by atoms with van der Waals surface area (Å²) < 4.78 is 15.6. The van der Waals surface area contributed by atoms with Gasteiger partial charge in [-0.25, -0.2) is 9.37 Å². The van der Waals surface area contributed by atoms with Gasteiger partial charge in [-0.1, -0.05) is 0 Å². The van der Waals surface area contributed by atoms with Crippen molar-refractivity contribution in [3.05, 3.63) is 35.5 Å². The molecule has 1 saturated carbocycles. The normalized spacial score (nSPS) is 15.2. The van der Waals surface area contributed by atoms with Crippen LogP contribution in [0.3, 0.4) is 0 Å². The number of halogens is 1. The molecule has 4 rings (SSSR count). The van der Waals surface area contributed by atoms with Crippen molar-refractivity contribution in [2.45, 2.75) is 18.9 Å². The number of nitrogen functional groups attached to an aromatic ring is 1. The summed E-state index contributed by atoms with van der Waals surface area (Å²) >= 11 is 1.58. The Kier molecular flexibility index (Phi) is 2.20. The number of fused-ring (bicyclic) bond motifs is 1. The van der Waals surface area contributed by atoms with Crippen molar-refractivity contribution in [3.63, 3.8) is 0 Å². The van der Waals surface area contributed by atoms with E-state index in [2.05, 4.69) is 9.55 Å². The van der Waals surface area contributed by atoms with Gasteiger partial charge in [0.1, 0.15) is 5.82 Å². The molecule has 0 spiro atoms. The van der Waals surface area contributed by atoms with Crippen molar-refractivity contribution in [2.24, 2.45) is 0 Å². The molecule has 0 bridgehead atoms. The molecule has 0 amide bonds. The Hall–Kier alpha value is -1.88. The predicted octanol–water partition coefficient (Wildman–Crippen LogP) is 3.82. The molecule has 1 aromatic carbocycles. The first-order valence-corrected chi connectivity index (χ1v) is 7.13. The Balaban J connectivity index is 2.04. The van der Waals surface area contributed by atoms with Gasteiger partial charge in [-0.3, -0.25) is 0 Å². The highest BCUT2D eigenvalue weighted by Crippen LogP contribution is 2.43. The topological polar surface area (TPSA) is 43.8 Å². The van der Waals surface area contributed by atoms with Crippen molar-refractivity contribution in [3.8, 4) is 10.7 Å². The molecule has 96 valence electrons. The van der Waals surface area contributed by atoms with Crippen molar-refractivity contribution < 1.29 is 4.39 Å². The summed E-state index contributed by atoms with van der Waals surface area (Å²) in [6.07, 6.45) is 2.31. The van der Waals surface area contributed by atoms with Gasteiger partial charge in [-0.05, 0) is 36.4 Å². The summed E-state index contributed by atoms with van der Waals surface area (Å²) in [5.41, 5.74) is 8.43. The van der Waals surface area contributed by atoms with E-state index in [0.29, 0.717) is 11.6 Å². The van der Waals surface area contributed by atoms with Gasteiger partial charge in [0.05, 0.1) is 21.6 Å². The second-order valence-electron chi connectivity index (χ2n) is 4.87. The zero-order valence-electron chi connectivity index (χ0n) is 10.1. The highest BCUT2D eigenvalue weighted by molar-refractivity contribution is 7.14. The fourth-order valence-corrected chi connectivity index (χ4v) is 3.24. The average molecular weight is 273 g/mol. The molecule has 2 N–H and O–H groups in total. The van der Waals surface area contributed by atoms with E-state index < -0.39 is 0 Å². The van der Waals surface area contributed by atoms with E-state index in [1.807, 2.05) is 17.5 Å². The monoisotopic (exact) mass is 273 g/mol. The van der Waals surface area contributed by atoms with Crippen LogP contribution < -0.4 is 5.73 Å². The van der Waals surface area contributed by atoms with Gasteiger partial charge in [-0.15, -0.1) is 11.3 Å². The number of hydrogen-bond donors (Lipinski definition) is 1. The fraction of sp³-hybridized carbons (Fsp3) is 0.214.